The molecule has 2 N–H and O–H groups in total. The number of nitrogens with zero attached hydrogens (tertiary/aromatic N) is 1. The first-order chi connectivity index (χ1) is 8.22. The topological polar surface area (TPSA) is 70.9 Å². The zero-order valence-electron chi connectivity index (χ0n) is 9.72. The van der Waals surface area contributed by atoms with E-state index >= 15 is 0 Å². The number of unbranched alkanes of at least 4 members (excludes halogenated alkanes) is 1. The van der Waals surface area contributed by atoms with Crippen molar-refractivity contribution in [2.75, 3.05) is 12.0 Å². The molecule has 1 aromatic carbocycles. The molecular formula is C12H16N2O3. The van der Waals surface area contributed by atoms with E-state index in [-0.39, 0.29) is 0 Å². The van der Waals surface area contributed by atoms with Crippen molar-refractivity contribution in [1.82, 2.24) is 0 Å². The molecule has 0 aromatic heterocycles. The van der Waals surface area contributed by atoms with Crippen molar-refractivity contribution in [3.63, 3.8) is 0 Å². The molecule has 0 aliphatic heterocycles. The third-order valence-corrected chi connectivity index (χ3v) is 1.99. The van der Waals surface area contributed by atoms with E-state index in [0.717, 1.165) is 24.8 Å². The minimum Gasteiger partial charge on any atom is -0.494 e. The number of nitrogens with one attached hydrogen (secondary N) is 1. The molecule has 1 aromatic rings. The Balaban J connectivity index is 2.41. The Kier molecular flexibility index (Phi) is 5.57. The summed E-state index contributed by atoms with van der Waals surface area (Å²) in [5, 5.41) is 11.9. The van der Waals surface area contributed by atoms with Gasteiger partial charge in [0, 0.05) is 0 Å². The molecule has 0 aliphatic carbocycles. The van der Waals surface area contributed by atoms with Gasteiger partial charge in [0.05, 0.1) is 12.3 Å². The highest BCUT2D eigenvalue weighted by atomic mass is 16.5. The zero-order chi connectivity index (χ0) is 12.5. The molecule has 0 radical (unpaired) electrons. The first-order valence-corrected chi connectivity index (χ1v) is 5.47. The predicted molar refractivity (Wildman–Crippen MR) is 66.6 cm³/mol. The van der Waals surface area contributed by atoms with Gasteiger partial charge in [0.15, 0.2) is 0 Å². The third kappa shape index (κ3) is 5.55. The van der Waals surface area contributed by atoms with Gasteiger partial charge >= 0.3 is 5.97 Å². The molecule has 92 valence electrons. The number of carboxylic acids is 1. The number of carbonyl (C=O) groups is 1. The van der Waals surface area contributed by atoms with Crippen LogP contribution < -0.4 is 10.2 Å². The summed E-state index contributed by atoms with van der Waals surface area (Å²) in [5.74, 6) is -0.289. The van der Waals surface area contributed by atoms with E-state index in [9.17, 15) is 4.79 Å². The van der Waals surface area contributed by atoms with Crippen LogP contribution in [0.1, 0.15) is 19.8 Å². The minimum absolute atomic E-state index is 0.709. The van der Waals surface area contributed by atoms with Crippen LogP contribution in [0.25, 0.3) is 0 Å². The highest BCUT2D eigenvalue weighted by molar-refractivity contribution is 6.22. The molecule has 0 unspecified atom stereocenters. The lowest BCUT2D eigenvalue weighted by Gasteiger charge is -2.05. The summed E-state index contributed by atoms with van der Waals surface area (Å²) in [4.78, 5) is 10.2. The van der Waals surface area contributed by atoms with Gasteiger partial charge in [-0.15, -0.1) is 0 Å². The largest absolute Gasteiger partial charge is 0.494 e. The van der Waals surface area contributed by atoms with Gasteiger partial charge in [-0.1, -0.05) is 13.3 Å². The van der Waals surface area contributed by atoms with Crippen molar-refractivity contribution in [1.29, 1.82) is 0 Å². The van der Waals surface area contributed by atoms with Crippen LogP contribution in [-0.2, 0) is 4.79 Å². The Hall–Kier alpha value is -2.04. The van der Waals surface area contributed by atoms with Crippen molar-refractivity contribution in [2.45, 2.75) is 19.8 Å². The average molecular weight is 236 g/mol. The number of aliphatic carboxylic acids is 1. The summed E-state index contributed by atoms with van der Waals surface area (Å²) in [6.45, 7) is 2.82. The first kappa shape index (κ1) is 13.0. The molecule has 0 fully saturated rings. The summed E-state index contributed by atoms with van der Waals surface area (Å²) in [6.07, 6.45) is 2.93. The van der Waals surface area contributed by atoms with Crippen LogP contribution >= 0.6 is 0 Å². The molecule has 0 aliphatic rings. The van der Waals surface area contributed by atoms with E-state index < -0.39 is 5.97 Å². The van der Waals surface area contributed by atoms with Gasteiger partial charge in [0.25, 0.3) is 0 Å². The Bertz CT molecular complexity index is 374. The minimum atomic E-state index is -1.09. The summed E-state index contributed by atoms with van der Waals surface area (Å²) in [6, 6.07) is 7.18. The molecule has 17 heavy (non-hydrogen) atoms. The van der Waals surface area contributed by atoms with Crippen LogP contribution in [0.3, 0.4) is 0 Å². The van der Waals surface area contributed by atoms with E-state index in [4.69, 9.17) is 9.84 Å². The van der Waals surface area contributed by atoms with Gasteiger partial charge in [0.2, 0.25) is 0 Å². The SMILES string of the molecule is CCCCOc1ccc(NN=CC(=O)O)cc1. The van der Waals surface area contributed by atoms with E-state index in [2.05, 4.69) is 17.5 Å². The normalized spacial score (nSPS) is 10.4. The fourth-order valence-corrected chi connectivity index (χ4v) is 1.12. The molecule has 5 nitrogen and oxygen atoms in total. The van der Waals surface area contributed by atoms with E-state index in [0.29, 0.717) is 12.3 Å². The van der Waals surface area contributed by atoms with E-state index in [1.165, 1.54) is 0 Å². The van der Waals surface area contributed by atoms with Crippen LogP contribution in [0.5, 0.6) is 5.75 Å². The van der Waals surface area contributed by atoms with Gasteiger partial charge in [-0.3, -0.25) is 5.43 Å². The molecule has 0 amide bonds. The second kappa shape index (κ2) is 7.27. The maximum atomic E-state index is 10.2. The van der Waals surface area contributed by atoms with Gasteiger partial charge in [-0.25, -0.2) is 4.79 Å². The van der Waals surface area contributed by atoms with Crippen LogP contribution in [0.4, 0.5) is 5.69 Å². The van der Waals surface area contributed by atoms with Gasteiger partial charge in [-0.2, -0.15) is 5.10 Å². The average Bonchev–Trinajstić information content (AvgIpc) is 2.31. The number of carboxylic acid groups (broad SMARTS) is 1. The second-order valence-electron chi connectivity index (χ2n) is 3.43. The van der Waals surface area contributed by atoms with Gasteiger partial charge in [-0.05, 0) is 30.7 Å². The van der Waals surface area contributed by atoms with Crippen molar-refractivity contribution in [2.24, 2.45) is 5.10 Å². The van der Waals surface area contributed by atoms with Crippen LogP contribution in [0.2, 0.25) is 0 Å². The van der Waals surface area contributed by atoms with E-state index in [1.807, 2.05) is 12.1 Å². The molecule has 0 saturated carbocycles. The first-order valence-electron chi connectivity index (χ1n) is 5.47. The fraction of sp³-hybridized carbons (Fsp3) is 0.333. The quantitative estimate of drug-likeness (QED) is 0.433. The highest BCUT2D eigenvalue weighted by Gasteiger charge is 1.94. The third-order valence-electron chi connectivity index (χ3n) is 1.99. The number of ether oxygens (including phenoxy) is 1. The zero-order valence-corrected chi connectivity index (χ0v) is 9.72. The molecule has 5 heteroatoms. The number of benzene rings is 1. The monoisotopic (exact) mass is 236 g/mol. The Morgan fingerprint density at radius 2 is 2.18 bits per heavy atom. The molecular weight excluding hydrogens is 220 g/mol. The standard InChI is InChI=1S/C12H16N2O3/c1-2-3-8-17-11-6-4-10(5-7-11)14-13-9-12(15)16/h4-7,9,14H,2-3,8H2,1H3,(H,15,16). The van der Waals surface area contributed by atoms with Gasteiger partial charge < -0.3 is 9.84 Å². The maximum absolute atomic E-state index is 10.2. The van der Waals surface area contributed by atoms with Gasteiger partial charge in [0.1, 0.15) is 12.0 Å². The highest BCUT2D eigenvalue weighted by Crippen LogP contribution is 2.15. The molecule has 1 rings (SSSR count). The van der Waals surface area contributed by atoms with Crippen LogP contribution in [0, 0.1) is 0 Å². The molecule has 0 saturated heterocycles. The van der Waals surface area contributed by atoms with Crippen molar-refractivity contribution in [3.05, 3.63) is 24.3 Å². The summed E-state index contributed by atoms with van der Waals surface area (Å²) >= 11 is 0. The molecule has 0 atom stereocenters. The summed E-state index contributed by atoms with van der Waals surface area (Å²) in [5.41, 5.74) is 3.32. The second-order valence-corrected chi connectivity index (χ2v) is 3.43. The van der Waals surface area contributed by atoms with E-state index in [1.54, 1.807) is 12.1 Å². The fourth-order valence-electron chi connectivity index (χ4n) is 1.12. The summed E-state index contributed by atoms with van der Waals surface area (Å²) < 4.78 is 5.48. The van der Waals surface area contributed by atoms with Crippen molar-refractivity contribution < 1.29 is 14.6 Å². The Morgan fingerprint density at radius 1 is 1.47 bits per heavy atom. The predicted octanol–water partition coefficient (Wildman–Crippen LogP) is 2.35. The number of hydrogen-bond donors (Lipinski definition) is 2. The van der Waals surface area contributed by atoms with Crippen LogP contribution in [0.15, 0.2) is 29.4 Å². The Morgan fingerprint density at radius 3 is 2.76 bits per heavy atom. The maximum Gasteiger partial charge on any atom is 0.348 e. The summed E-state index contributed by atoms with van der Waals surface area (Å²) in [7, 11) is 0. The smallest absolute Gasteiger partial charge is 0.348 e. The molecule has 0 bridgehead atoms. The number of rotatable bonds is 7. The number of hydrogen-bond acceptors (Lipinski definition) is 4. The molecule has 0 spiro atoms. The van der Waals surface area contributed by atoms with Crippen molar-refractivity contribution in [3.8, 4) is 5.75 Å². The lowest BCUT2D eigenvalue weighted by molar-refractivity contribution is -0.128. The lowest BCUT2D eigenvalue weighted by atomic mass is 10.3. The molecule has 0 heterocycles. The van der Waals surface area contributed by atoms with Crippen molar-refractivity contribution >= 4 is 17.9 Å². The van der Waals surface area contributed by atoms with Crippen LogP contribution in [-0.4, -0.2) is 23.9 Å². The lowest BCUT2D eigenvalue weighted by Crippen LogP contribution is -1.99. The Labute approximate surface area is 100 Å². The number of hydrazone groups is 1. The number of anilines is 1.